The van der Waals surface area contributed by atoms with Gasteiger partial charge in [0.15, 0.2) is 0 Å². The van der Waals surface area contributed by atoms with E-state index >= 15 is 0 Å². The number of carbonyl (C=O) groups is 1. The van der Waals surface area contributed by atoms with Crippen LogP contribution in [0.15, 0.2) is 24.3 Å². The van der Waals surface area contributed by atoms with Gasteiger partial charge in [-0.25, -0.2) is 0 Å². The van der Waals surface area contributed by atoms with Gasteiger partial charge in [0, 0.05) is 29.4 Å². The smallest absolute Gasteiger partial charge is 0.238 e. The van der Waals surface area contributed by atoms with E-state index in [2.05, 4.69) is 5.32 Å². The minimum Gasteiger partial charge on any atom is -0.494 e. The monoisotopic (exact) mass is 296 g/mol. The number of nitrogens with zero attached hydrogens (tertiary/aromatic N) is 1. The zero-order valence-electron chi connectivity index (χ0n) is 11.8. The molecule has 1 aliphatic rings. The maximum atomic E-state index is 11.9. The standard InChI is InChI=1S/C14H20N2O3S/c1-3-19-12-6-4-11(5-7-12)14-15-10-13(17)16(14)8-9-20(2)18/h4-7,14-15H,3,8-10H2,1-2H3. The number of benzene rings is 1. The van der Waals surface area contributed by atoms with Crippen molar-refractivity contribution in [3.8, 4) is 5.75 Å². The van der Waals surface area contributed by atoms with Crippen LogP contribution < -0.4 is 10.1 Å². The number of rotatable bonds is 6. The highest BCUT2D eigenvalue weighted by molar-refractivity contribution is 7.84. The van der Waals surface area contributed by atoms with Crippen LogP contribution in [0.5, 0.6) is 5.75 Å². The molecule has 1 fully saturated rings. The van der Waals surface area contributed by atoms with Gasteiger partial charge in [-0.2, -0.15) is 0 Å². The molecule has 5 nitrogen and oxygen atoms in total. The lowest BCUT2D eigenvalue weighted by atomic mass is 10.1. The molecule has 20 heavy (non-hydrogen) atoms. The van der Waals surface area contributed by atoms with Crippen molar-refractivity contribution >= 4 is 16.7 Å². The van der Waals surface area contributed by atoms with Crippen molar-refractivity contribution in [3.63, 3.8) is 0 Å². The van der Waals surface area contributed by atoms with Gasteiger partial charge in [0.1, 0.15) is 11.9 Å². The summed E-state index contributed by atoms with van der Waals surface area (Å²) in [4.78, 5) is 13.6. The molecule has 0 saturated carbocycles. The summed E-state index contributed by atoms with van der Waals surface area (Å²) in [5.74, 6) is 1.37. The van der Waals surface area contributed by atoms with Crippen LogP contribution >= 0.6 is 0 Å². The Morgan fingerprint density at radius 3 is 2.70 bits per heavy atom. The molecule has 110 valence electrons. The van der Waals surface area contributed by atoms with Gasteiger partial charge < -0.3 is 9.64 Å². The molecule has 2 rings (SSSR count). The van der Waals surface area contributed by atoms with Gasteiger partial charge in [-0.3, -0.25) is 14.3 Å². The molecule has 0 spiro atoms. The maximum absolute atomic E-state index is 11.9. The second-order valence-corrected chi connectivity index (χ2v) is 6.20. The fourth-order valence-corrected chi connectivity index (χ4v) is 2.69. The highest BCUT2D eigenvalue weighted by atomic mass is 32.2. The van der Waals surface area contributed by atoms with Gasteiger partial charge in [0.2, 0.25) is 5.91 Å². The van der Waals surface area contributed by atoms with Crippen LogP contribution in [0, 0.1) is 0 Å². The lowest BCUT2D eigenvalue weighted by Gasteiger charge is -2.24. The molecule has 0 aromatic heterocycles. The highest BCUT2D eigenvalue weighted by Gasteiger charge is 2.31. The largest absolute Gasteiger partial charge is 0.494 e. The molecule has 1 aliphatic heterocycles. The topological polar surface area (TPSA) is 58.6 Å². The Labute approximate surface area is 121 Å². The third-order valence-corrected chi connectivity index (χ3v) is 3.96. The van der Waals surface area contributed by atoms with E-state index in [4.69, 9.17) is 4.74 Å². The van der Waals surface area contributed by atoms with Crippen LogP contribution in [0.3, 0.4) is 0 Å². The molecule has 1 N–H and O–H groups in total. The summed E-state index contributed by atoms with van der Waals surface area (Å²) in [5, 5.41) is 3.18. The fourth-order valence-electron chi connectivity index (χ4n) is 2.23. The quantitative estimate of drug-likeness (QED) is 0.847. The van der Waals surface area contributed by atoms with Crippen molar-refractivity contribution in [1.82, 2.24) is 10.2 Å². The molecule has 0 aliphatic carbocycles. The third kappa shape index (κ3) is 3.58. The van der Waals surface area contributed by atoms with Crippen molar-refractivity contribution in [2.45, 2.75) is 13.1 Å². The van der Waals surface area contributed by atoms with Gasteiger partial charge in [-0.05, 0) is 24.6 Å². The Balaban J connectivity index is 2.09. The lowest BCUT2D eigenvalue weighted by molar-refractivity contribution is -0.127. The maximum Gasteiger partial charge on any atom is 0.238 e. The molecular formula is C14H20N2O3S. The van der Waals surface area contributed by atoms with Gasteiger partial charge >= 0.3 is 0 Å². The van der Waals surface area contributed by atoms with E-state index in [0.29, 0.717) is 25.4 Å². The molecule has 1 aromatic rings. The summed E-state index contributed by atoms with van der Waals surface area (Å²) in [5.41, 5.74) is 1.01. The molecule has 0 bridgehead atoms. The zero-order chi connectivity index (χ0) is 14.5. The average molecular weight is 296 g/mol. The molecule has 1 amide bonds. The predicted molar refractivity (Wildman–Crippen MR) is 79.0 cm³/mol. The van der Waals surface area contributed by atoms with Gasteiger partial charge in [-0.1, -0.05) is 12.1 Å². The number of hydrogen-bond acceptors (Lipinski definition) is 4. The van der Waals surface area contributed by atoms with Crippen molar-refractivity contribution in [3.05, 3.63) is 29.8 Å². The average Bonchev–Trinajstić information content (AvgIpc) is 2.79. The number of nitrogens with one attached hydrogen (secondary N) is 1. The number of amides is 1. The van der Waals surface area contributed by atoms with Crippen LogP contribution in [0.4, 0.5) is 0 Å². The first-order valence-corrected chi connectivity index (χ1v) is 8.40. The fraction of sp³-hybridized carbons (Fsp3) is 0.500. The van der Waals surface area contributed by atoms with Gasteiger partial charge in [-0.15, -0.1) is 0 Å². The lowest BCUT2D eigenvalue weighted by Crippen LogP contribution is -2.33. The number of carbonyl (C=O) groups excluding carboxylic acids is 1. The summed E-state index contributed by atoms with van der Waals surface area (Å²) in [7, 11) is -0.896. The van der Waals surface area contributed by atoms with Gasteiger partial charge in [0.05, 0.1) is 13.2 Å². The van der Waals surface area contributed by atoms with Gasteiger partial charge in [0.25, 0.3) is 0 Å². The Kier molecular flexibility index (Phi) is 5.14. The predicted octanol–water partition coefficient (Wildman–Crippen LogP) is 0.894. The number of hydrogen-bond donors (Lipinski definition) is 1. The van der Waals surface area contributed by atoms with Crippen molar-refractivity contribution < 1.29 is 13.7 Å². The normalized spacial score (nSPS) is 20.2. The van der Waals surface area contributed by atoms with Crippen LogP contribution in [-0.2, 0) is 15.6 Å². The Morgan fingerprint density at radius 2 is 2.10 bits per heavy atom. The minimum absolute atomic E-state index is 0.0503. The van der Waals surface area contributed by atoms with Crippen molar-refractivity contribution in [1.29, 1.82) is 0 Å². The van der Waals surface area contributed by atoms with E-state index in [0.717, 1.165) is 11.3 Å². The van der Waals surface area contributed by atoms with E-state index in [1.807, 2.05) is 31.2 Å². The van der Waals surface area contributed by atoms with Crippen LogP contribution in [0.1, 0.15) is 18.7 Å². The second-order valence-electron chi connectivity index (χ2n) is 4.65. The Morgan fingerprint density at radius 1 is 1.40 bits per heavy atom. The molecule has 2 atom stereocenters. The molecule has 1 aromatic carbocycles. The first-order valence-electron chi connectivity index (χ1n) is 6.67. The van der Waals surface area contributed by atoms with E-state index in [1.165, 1.54) is 0 Å². The van der Waals surface area contributed by atoms with Crippen LogP contribution in [0.2, 0.25) is 0 Å². The molecule has 0 radical (unpaired) electrons. The highest BCUT2D eigenvalue weighted by Crippen LogP contribution is 2.24. The SMILES string of the molecule is CCOc1ccc(C2NCC(=O)N2CCS(C)=O)cc1. The van der Waals surface area contributed by atoms with E-state index in [1.54, 1.807) is 11.2 Å². The number of ether oxygens (including phenoxy) is 1. The zero-order valence-corrected chi connectivity index (χ0v) is 12.6. The van der Waals surface area contributed by atoms with E-state index in [-0.39, 0.29) is 12.1 Å². The summed E-state index contributed by atoms with van der Waals surface area (Å²) >= 11 is 0. The van der Waals surface area contributed by atoms with Crippen LogP contribution in [0.25, 0.3) is 0 Å². The van der Waals surface area contributed by atoms with E-state index in [9.17, 15) is 9.00 Å². The van der Waals surface area contributed by atoms with Crippen molar-refractivity contribution in [2.75, 3.05) is 31.7 Å². The summed E-state index contributed by atoms with van der Waals surface area (Å²) in [6.07, 6.45) is 1.52. The summed E-state index contributed by atoms with van der Waals surface area (Å²) in [6.45, 7) is 3.41. The molecule has 6 heteroatoms. The van der Waals surface area contributed by atoms with Crippen LogP contribution in [-0.4, -0.2) is 46.7 Å². The second kappa shape index (κ2) is 6.85. The molecule has 1 saturated heterocycles. The summed E-state index contributed by atoms with van der Waals surface area (Å²) < 4.78 is 16.6. The molecule has 2 unspecified atom stereocenters. The Hall–Kier alpha value is -1.40. The summed E-state index contributed by atoms with van der Waals surface area (Å²) in [6, 6.07) is 7.72. The van der Waals surface area contributed by atoms with E-state index < -0.39 is 10.8 Å². The molecular weight excluding hydrogens is 276 g/mol. The first kappa shape index (κ1) is 15.0. The minimum atomic E-state index is -0.896. The molecule has 1 heterocycles. The van der Waals surface area contributed by atoms with Crippen molar-refractivity contribution in [2.24, 2.45) is 0 Å². The first-order chi connectivity index (χ1) is 9.61. The Bertz CT molecular complexity index is 490. The third-order valence-electron chi connectivity index (χ3n) is 3.21.